The van der Waals surface area contributed by atoms with E-state index in [9.17, 15) is 22.0 Å². The quantitative estimate of drug-likeness (QED) is 0.762. The summed E-state index contributed by atoms with van der Waals surface area (Å²) in [5, 5.41) is 3.23. The fraction of sp³-hybridized carbons (Fsp3) is 0.500. The molecule has 1 rings (SSSR count). The second-order valence-electron chi connectivity index (χ2n) is 2.67. The monoisotopic (exact) mass is 215 g/mol. The molecular weight excluding hydrogens is 209 g/mol. The topological polar surface area (TPSA) is 43.8 Å². The minimum Gasteiger partial charge on any atom is -0.396 e. The van der Waals surface area contributed by atoms with Gasteiger partial charge in [-0.1, -0.05) is 0 Å². The van der Waals surface area contributed by atoms with Crippen LogP contribution < -0.4 is 5.73 Å². The Morgan fingerprint density at radius 2 is 1.86 bits per heavy atom. The van der Waals surface area contributed by atoms with E-state index >= 15 is 0 Å². The molecule has 3 nitrogen and oxygen atoms in total. The average Bonchev–Trinajstić information content (AvgIpc) is 2.31. The van der Waals surface area contributed by atoms with Gasteiger partial charge in [0.1, 0.15) is 6.54 Å². The van der Waals surface area contributed by atoms with Gasteiger partial charge < -0.3 is 5.73 Å². The smallest absolute Gasteiger partial charge is 0.396 e. The number of nitrogens with zero attached hydrogens (tertiary/aromatic N) is 2. The second-order valence-corrected chi connectivity index (χ2v) is 2.67. The third-order valence-corrected chi connectivity index (χ3v) is 1.43. The Morgan fingerprint density at radius 3 is 2.21 bits per heavy atom. The van der Waals surface area contributed by atoms with Crippen molar-refractivity contribution in [3.8, 4) is 0 Å². The van der Waals surface area contributed by atoms with Crippen LogP contribution in [-0.2, 0) is 6.54 Å². The van der Waals surface area contributed by atoms with Gasteiger partial charge in [-0.2, -0.15) is 27.1 Å². The van der Waals surface area contributed by atoms with Gasteiger partial charge in [0.2, 0.25) is 0 Å². The van der Waals surface area contributed by atoms with E-state index in [1.165, 1.54) is 0 Å². The molecule has 0 aliphatic heterocycles. The van der Waals surface area contributed by atoms with Gasteiger partial charge in [0.05, 0.1) is 11.9 Å². The van der Waals surface area contributed by atoms with Crippen LogP contribution in [0.4, 0.5) is 27.6 Å². The lowest BCUT2D eigenvalue weighted by Crippen LogP contribution is -2.40. The van der Waals surface area contributed by atoms with E-state index in [-0.39, 0.29) is 5.69 Å². The van der Waals surface area contributed by atoms with Gasteiger partial charge in [-0.05, 0) is 0 Å². The summed E-state index contributed by atoms with van der Waals surface area (Å²) in [4.78, 5) is 0. The number of hydrogen-bond donors (Lipinski definition) is 1. The maximum atomic E-state index is 12.4. The number of rotatable bonds is 2. The summed E-state index contributed by atoms with van der Waals surface area (Å²) >= 11 is 0. The molecule has 0 fully saturated rings. The zero-order chi connectivity index (χ0) is 11.0. The van der Waals surface area contributed by atoms with Crippen LogP contribution in [0, 0.1) is 0 Å². The Hall–Kier alpha value is -1.34. The zero-order valence-electron chi connectivity index (χ0n) is 6.72. The minimum absolute atomic E-state index is 0.0305. The molecule has 8 heteroatoms. The Balaban J connectivity index is 2.78. The van der Waals surface area contributed by atoms with E-state index in [1.54, 1.807) is 0 Å². The number of nitrogens with two attached hydrogens (primary N) is 1. The molecule has 0 saturated carbocycles. The van der Waals surface area contributed by atoms with Gasteiger partial charge in [-0.25, -0.2) is 0 Å². The first-order valence-corrected chi connectivity index (χ1v) is 3.45. The molecule has 0 unspecified atom stereocenters. The maximum absolute atomic E-state index is 12.4. The minimum atomic E-state index is -5.58. The highest BCUT2D eigenvalue weighted by molar-refractivity contribution is 5.30. The average molecular weight is 215 g/mol. The number of anilines is 1. The summed E-state index contributed by atoms with van der Waals surface area (Å²) < 4.78 is 60.4. The van der Waals surface area contributed by atoms with Crippen LogP contribution in [0.15, 0.2) is 12.4 Å². The van der Waals surface area contributed by atoms with E-state index in [2.05, 4.69) is 5.10 Å². The Bertz CT molecular complexity index is 316. The van der Waals surface area contributed by atoms with E-state index < -0.39 is 18.6 Å². The van der Waals surface area contributed by atoms with Crippen molar-refractivity contribution in [1.82, 2.24) is 9.78 Å². The number of aromatic nitrogens is 2. The normalized spacial score (nSPS) is 13.2. The molecule has 0 amide bonds. The van der Waals surface area contributed by atoms with Crippen LogP contribution in [0.25, 0.3) is 0 Å². The fourth-order valence-corrected chi connectivity index (χ4v) is 0.759. The summed E-state index contributed by atoms with van der Waals surface area (Å²) in [6, 6.07) is 0. The van der Waals surface area contributed by atoms with Crippen LogP contribution in [0.3, 0.4) is 0 Å². The molecule has 80 valence electrons. The van der Waals surface area contributed by atoms with Crippen molar-refractivity contribution in [2.75, 3.05) is 5.73 Å². The van der Waals surface area contributed by atoms with Gasteiger partial charge in [-0.3, -0.25) is 4.68 Å². The van der Waals surface area contributed by atoms with Gasteiger partial charge >= 0.3 is 12.1 Å². The summed E-state index contributed by atoms with van der Waals surface area (Å²) in [6.07, 6.45) is -3.68. The molecule has 1 heterocycles. The predicted octanol–water partition coefficient (Wildman–Crippen LogP) is 1.66. The molecule has 0 aliphatic rings. The SMILES string of the molecule is Nc1cnn(CC(F)(F)C(F)(F)F)c1. The second kappa shape index (κ2) is 3.10. The highest BCUT2D eigenvalue weighted by atomic mass is 19.4. The van der Waals surface area contributed by atoms with Crippen molar-refractivity contribution in [3.05, 3.63) is 12.4 Å². The molecule has 0 atom stereocenters. The van der Waals surface area contributed by atoms with E-state index in [0.717, 1.165) is 12.4 Å². The molecule has 0 aliphatic carbocycles. The third-order valence-electron chi connectivity index (χ3n) is 1.43. The van der Waals surface area contributed by atoms with Gasteiger partial charge in [-0.15, -0.1) is 0 Å². The number of alkyl halides is 5. The molecule has 1 aromatic rings. The highest BCUT2D eigenvalue weighted by Crippen LogP contribution is 2.36. The Labute approximate surface area is 75.3 Å². The Kier molecular flexibility index (Phi) is 2.38. The first kappa shape index (κ1) is 10.7. The van der Waals surface area contributed by atoms with Crippen LogP contribution in [0.2, 0.25) is 0 Å². The fourth-order valence-electron chi connectivity index (χ4n) is 0.759. The third kappa shape index (κ3) is 2.12. The van der Waals surface area contributed by atoms with Crippen molar-refractivity contribution in [1.29, 1.82) is 0 Å². The molecule has 0 bridgehead atoms. The van der Waals surface area contributed by atoms with Crippen molar-refractivity contribution >= 4 is 5.69 Å². The lowest BCUT2D eigenvalue weighted by atomic mass is 10.3. The number of halogens is 5. The highest BCUT2D eigenvalue weighted by Gasteiger charge is 2.57. The van der Waals surface area contributed by atoms with Crippen molar-refractivity contribution in [2.45, 2.75) is 18.6 Å². The van der Waals surface area contributed by atoms with Crippen molar-refractivity contribution in [3.63, 3.8) is 0 Å². The van der Waals surface area contributed by atoms with Crippen molar-refractivity contribution in [2.24, 2.45) is 0 Å². The lowest BCUT2D eigenvalue weighted by Gasteiger charge is -2.18. The number of hydrogen-bond acceptors (Lipinski definition) is 2. The van der Waals surface area contributed by atoms with Gasteiger partial charge in [0.15, 0.2) is 0 Å². The van der Waals surface area contributed by atoms with Crippen LogP contribution in [-0.4, -0.2) is 21.9 Å². The van der Waals surface area contributed by atoms with Gasteiger partial charge in [0.25, 0.3) is 0 Å². The van der Waals surface area contributed by atoms with E-state index in [0.29, 0.717) is 4.68 Å². The van der Waals surface area contributed by atoms with Crippen LogP contribution in [0.1, 0.15) is 0 Å². The molecular formula is C6H6F5N3. The van der Waals surface area contributed by atoms with Crippen LogP contribution in [0.5, 0.6) is 0 Å². The summed E-state index contributed by atoms with van der Waals surface area (Å²) in [5.41, 5.74) is 5.13. The maximum Gasteiger partial charge on any atom is 0.455 e. The molecule has 0 aromatic carbocycles. The molecule has 0 spiro atoms. The zero-order valence-corrected chi connectivity index (χ0v) is 6.72. The van der Waals surface area contributed by atoms with E-state index in [4.69, 9.17) is 5.73 Å². The largest absolute Gasteiger partial charge is 0.455 e. The molecule has 14 heavy (non-hydrogen) atoms. The standard InChI is InChI=1S/C6H6F5N3/c7-5(8,6(9,10)11)3-14-2-4(12)1-13-14/h1-2H,3,12H2. The summed E-state index contributed by atoms with van der Waals surface area (Å²) in [7, 11) is 0. The molecule has 0 radical (unpaired) electrons. The molecule has 2 N–H and O–H groups in total. The summed E-state index contributed by atoms with van der Waals surface area (Å²) in [5.74, 6) is -4.80. The Morgan fingerprint density at radius 1 is 1.29 bits per heavy atom. The first-order chi connectivity index (χ1) is 6.22. The van der Waals surface area contributed by atoms with Gasteiger partial charge in [0, 0.05) is 6.20 Å². The van der Waals surface area contributed by atoms with Crippen molar-refractivity contribution < 1.29 is 22.0 Å². The molecule has 1 aromatic heterocycles. The predicted molar refractivity (Wildman–Crippen MR) is 37.6 cm³/mol. The first-order valence-electron chi connectivity index (χ1n) is 3.45. The molecule has 0 saturated heterocycles. The van der Waals surface area contributed by atoms with E-state index in [1.807, 2.05) is 0 Å². The summed E-state index contributed by atoms with van der Waals surface area (Å²) in [6.45, 7) is -1.56. The van der Waals surface area contributed by atoms with Crippen LogP contribution >= 0.6 is 0 Å². The number of nitrogen functional groups attached to an aromatic ring is 1. The lowest BCUT2D eigenvalue weighted by molar-refractivity contribution is -0.287.